The van der Waals surface area contributed by atoms with Crippen molar-refractivity contribution in [2.45, 2.75) is 12.5 Å². The Kier molecular flexibility index (Phi) is 1.98. The Morgan fingerprint density at radius 3 is 3.31 bits per heavy atom. The third-order valence-electron chi connectivity index (χ3n) is 2.23. The van der Waals surface area contributed by atoms with E-state index in [1.807, 2.05) is 12.1 Å². The molecule has 1 aliphatic heterocycles. The first kappa shape index (κ1) is 8.19. The van der Waals surface area contributed by atoms with Crippen LogP contribution >= 0.6 is 0 Å². The van der Waals surface area contributed by atoms with Crippen LogP contribution in [0.3, 0.4) is 0 Å². The molecule has 4 heteroatoms. The SMILES string of the molecule is NC(=O)C1NCCc2ncccc21. The van der Waals surface area contributed by atoms with E-state index in [2.05, 4.69) is 10.3 Å². The van der Waals surface area contributed by atoms with E-state index in [1.165, 1.54) is 0 Å². The Bertz CT molecular complexity index is 337. The first-order chi connectivity index (χ1) is 6.29. The first-order valence-electron chi connectivity index (χ1n) is 4.25. The maximum Gasteiger partial charge on any atom is 0.239 e. The molecule has 1 aliphatic rings. The predicted octanol–water partition coefficient (Wildman–Crippen LogP) is -0.246. The Labute approximate surface area is 76.2 Å². The third-order valence-corrected chi connectivity index (χ3v) is 2.23. The fourth-order valence-corrected chi connectivity index (χ4v) is 1.62. The van der Waals surface area contributed by atoms with Gasteiger partial charge in [0.1, 0.15) is 6.04 Å². The molecular weight excluding hydrogens is 166 g/mol. The lowest BCUT2D eigenvalue weighted by atomic mass is 9.99. The average Bonchev–Trinajstić information content (AvgIpc) is 2.17. The van der Waals surface area contributed by atoms with Crippen molar-refractivity contribution in [3.8, 4) is 0 Å². The molecule has 0 bridgehead atoms. The molecule has 0 saturated heterocycles. The van der Waals surface area contributed by atoms with Crippen LogP contribution in [0.5, 0.6) is 0 Å². The van der Waals surface area contributed by atoms with Crippen molar-refractivity contribution in [3.05, 3.63) is 29.6 Å². The van der Waals surface area contributed by atoms with Gasteiger partial charge in [0.05, 0.1) is 0 Å². The third kappa shape index (κ3) is 1.40. The minimum absolute atomic E-state index is 0.339. The van der Waals surface area contributed by atoms with E-state index in [9.17, 15) is 4.79 Å². The van der Waals surface area contributed by atoms with E-state index in [0.29, 0.717) is 0 Å². The summed E-state index contributed by atoms with van der Waals surface area (Å²) in [6.45, 7) is 0.762. The molecule has 0 fully saturated rings. The van der Waals surface area contributed by atoms with Gasteiger partial charge in [0, 0.05) is 30.4 Å². The average molecular weight is 177 g/mol. The van der Waals surface area contributed by atoms with Crippen LogP contribution in [0, 0.1) is 0 Å². The zero-order valence-electron chi connectivity index (χ0n) is 7.16. The number of rotatable bonds is 1. The molecule has 1 unspecified atom stereocenters. The van der Waals surface area contributed by atoms with Crippen LogP contribution in [0.2, 0.25) is 0 Å². The van der Waals surface area contributed by atoms with Gasteiger partial charge in [-0.15, -0.1) is 0 Å². The van der Waals surface area contributed by atoms with Crippen LogP contribution in [0.1, 0.15) is 17.3 Å². The van der Waals surface area contributed by atoms with Gasteiger partial charge in [-0.1, -0.05) is 6.07 Å². The highest BCUT2D eigenvalue weighted by atomic mass is 16.1. The highest BCUT2D eigenvalue weighted by Gasteiger charge is 2.24. The van der Waals surface area contributed by atoms with Crippen molar-refractivity contribution in [1.29, 1.82) is 0 Å². The molecule has 0 saturated carbocycles. The predicted molar refractivity (Wildman–Crippen MR) is 47.9 cm³/mol. The molecule has 0 aliphatic carbocycles. The minimum atomic E-state index is -0.363. The summed E-state index contributed by atoms with van der Waals surface area (Å²) in [7, 11) is 0. The number of aromatic nitrogens is 1. The van der Waals surface area contributed by atoms with Crippen LogP contribution in [0.4, 0.5) is 0 Å². The molecule has 0 radical (unpaired) electrons. The van der Waals surface area contributed by atoms with Crippen molar-refractivity contribution in [1.82, 2.24) is 10.3 Å². The van der Waals surface area contributed by atoms with Gasteiger partial charge in [-0.25, -0.2) is 0 Å². The molecule has 0 aromatic carbocycles. The maximum absolute atomic E-state index is 11.0. The van der Waals surface area contributed by atoms with E-state index >= 15 is 0 Å². The molecule has 68 valence electrons. The smallest absolute Gasteiger partial charge is 0.239 e. The summed E-state index contributed by atoms with van der Waals surface area (Å²) >= 11 is 0. The van der Waals surface area contributed by atoms with E-state index in [0.717, 1.165) is 24.2 Å². The Morgan fingerprint density at radius 2 is 2.54 bits per heavy atom. The van der Waals surface area contributed by atoms with E-state index < -0.39 is 0 Å². The van der Waals surface area contributed by atoms with Crippen molar-refractivity contribution < 1.29 is 4.79 Å². The second-order valence-corrected chi connectivity index (χ2v) is 3.08. The van der Waals surface area contributed by atoms with Crippen LogP contribution in [-0.2, 0) is 11.2 Å². The second-order valence-electron chi connectivity index (χ2n) is 3.08. The number of hydrogen-bond donors (Lipinski definition) is 2. The van der Waals surface area contributed by atoms with Gasteiger partial charge in [0.15, 0.2) is 0 Å². The lowest BCUT2D eigenvalue weighted by Crippen LogP contribution is -2.38. The standard InChI is InChI=1S/C9H11N3O/c10-9(13)8-6-2-1-4-11-7(6)3-5-12-8/h1-2,4,8,12H,3,5H2,(H2,10,13). The fourth-order valence-electron chi connectivity index (χ4n) is 1.62. The van der Waals surface area contributed by atoms with Crippen molar-refractivity contribution in [3.63, 3.8) is 0 Å². The number of nitrogens with two attached hydrogens (primary N) is 1. The lowest BCUT2D eigenvalue weighted by molar-refractivity contribution is -0.120. The van der Waals surface area contributed by atoms with Crippen molar-refractivity contribution >= 4 is 5.91 Å². The van der Waals surface area contributed by atoms with Crippen molar-refractivity contribution in [2.75, 3.05) is 6.54 Å². The van der Waals surface area contributed by atoms with Gasteiger partial charge in [-0.05, 0) is 6.07 Å². The van der Waals surface area contributed by atoms with Crippen molar-refractivity contribution in [2.24, 2.45) is 5.73 Å². The van der Waals surface area contributed by atoms with E-state index in [-0.39, 0.29) is 11.9 Å². The van der Waals surface area contributed by atoms with E-state index in [1.54, 1.807) is 6.20 Å². The quantitative estimate of drug-likeness (QED) is 0.621. The van der Waals surface area contributed by atoms with Gasteiger partial charge in [0.25, 0.3) is 0 Å². The Morgan fingerprint density at radius 1 is 1.69 bits per heavy atom. The summed E-state index contributed by atoms with van der Waals surface area (Å²) in [5.41, 5.74) is 7.15. The Balaban J connectivity index is 2.42. The van der Waals surface area contributed by atoms with Crippen LogP contribution in [0.25, 0.3) is 0 Å². The molecule has 0 spiro atoms. The number of primary amides is 1. The highest BCUT2D eigenvalue weighted by molar-refractivity contribution is 5.82. The summed E-state index contributed by atoms with van der Waals surface area (Å²) in [5, 5.41) is 3.06. The van der Waals surface area contributed by atoms with Gasteiger partial charge < -0.3 is 11.1 Å². The molecule has 4 nitrogen and oxygen atoms in total. The number of nitrogens with zero attached hydrogens (tertiary/aromatic N) is 1. The molecule has 3 N–H and O–H groups in total. The summed E-state index contributed by atoms with van der Waals surface area (Å²) in [4.78, 5) is 15.3. The monoisotopic (exact) mass is 177 g/mol. The molecule has 2 heterocycles. The summed E-state index contributed by atoms with van der Waals surface area (Å²) in [6.07, 6.45) is 2.60. The van der Waals surface area contributed by atoms with Crippen LogP contribution in [0.15, 0.2) is 18.3 Å². The maximum atomic E-state index is 11.0. The van der Waals surface area contributed by atoms with Gasteiger partial charge in [0.2, 0.25) is 5.91 Å². The number of carbonyl (C=O) groups excluding carboxylic acids is 1. The molecule has 1 aromatic heterocycles. The highest BCUT2D eigenvalue weighted by Crippen LogP contribution is 2.19. The molecule has 2 rings (SSSR count). The number of hydrogen-bond acceptors (Lipinski definition) is 3. The minimum Gasteiger partial charge on any atom is -0.368 e. The van der Waals surface area contributed by atoms with Gasteiger partial charge in [-0.3, -0.25) is 9.78 Å². The summed E-state index contributed by atoms with van der Waals surface area (Å²) in [6, 6.07) is 3.35. The molecule has 1 aromatic rings. The van der Waals surface area contributed by atoms with Gasteiger partial charge >= 0.3 is 0 Å². The normalized spacial score (nSPS) is 20.8. The van der Waals surface area contributed by atoms with Crippen LogP contribution < -0.4 is 11.1 Å². The summed E-state index contributed by atoms with van der Waals surface area (Å²) in [5.74, 6) is -0.339. The summed E-state index contributed by atoms with van der Waals surface area (Å²) < 4.78 is 0. The fraction of sp³-hybridized carbons (Fsp3) is 0.333. The molecule has 1 amide bonds. The van der Waals surface area contributed by atoms with Gasteiger partial charge in [-0.2, -0.15) is 0 Å². The largest absolute Gasteiger partial charge is 0.368 e. The molecule has 13 heavy (non-hydrogen) atoms. The molecular formula is C9H11N3O. The number of carbonyl (C=O) groups is 1. The zero-order chi connectivity index (χ0) is 9.26. The first-order valence-corrected chi connectivity index (χ1v) is 4.25. The zero-order valence-corrected chi connectivity index (χ0v) is 7.16. The molecule has 1 atom stereocenters. The number of pyridine rings is 1. The van der Waals surface area contributed by atoms with Crippen LogP contribution in [-0.4, -0.2) is 17.4 Å². The number of nitrogens with one attached hydrogen (secondary N) is 1. The Hall–Kier alpha value is -1.42. The topological polar surface area (TPSA) is 68.0 Å². The lowest BCUT2D eigenvalue weighted by Gasteiger charge is -2.23. The number of amides is 1. The number of fused-ring (bicyclic) bond motifs is 1. The van der Waals surface area contributed by atoms with E-state index in [4.69, 9.17) is 5.73 Å². The second kappa shape index (κ2) is 3.14.